The Balaban J connectivity index is 1.81. The zero-order chi connectivity index (χ0) is 19.8. The minimum Gasteiger partial charge on any atom is -0.426 e. The molecule has 0 fully saturated rings. The molecule has 0 aliphatic rings. The topological polar surface area (TPSA) is 58.6 Å². The van der Waals surface area contributed by atoms with Crippen molar-refractivity contribution in [2.75, 3.05) is 17.7 Å². The number of ether oxygens (including phenoxy) is 1. The number of urea groups is 1. The van der Waals surface area contributed by atoms with Gasteiger partial charge in [0.05, 0.1) is 5.75 Å². The number of benzene rings is 2. The van der Waals surface area contributed by atoms with Crippen molar-refractivity contribution in [1.29, 1.82) is 0 Å². The Bertz CT molecular complexity index is 781. The summed E-state index contributed by atoms with van der Waals surface area (Å²) in [6.45, 7) is 3.80. The summed E-state index contributed by atoms with van der Waals surface area (Å²) in [5.74, 6) is 1.06. The van der Waals surface area contributed by atoms with E-state index in [1.54, 1.807) is 31.3 Å². The summed E-state index contributed by atoms with van der Waals surface area (Å²) in [7, 11) is 1.69. The van der Waals surface area contributed by atoms with Crippen molar-refractivity contribution in [3.8, 4) is 5.75 Å². The second-order valence-corrected chi connectivity index (χ2v) is 7.68. The van der Waals surface area contributed by atoms with Gasteiger partial charge in [-0.3, -0.25) is 9.69 Å². The summed E-state index contributed by atoms with van der Waals surface area (Å²) in [6.07, 6.45) is 0. The summed E-state index contributed by atoms with van der Waals surface area (Å²) < 4.78 is 5.33. The van der Waals surface area contributed by atoms with Crippen LogP contribution in [0.2, 0.25) is 5.02 Å². The van der Waals surface area contributed by atoms with Gasteiger partial charge in [0.2, 0.25) is 0 Å². The minimum atomic E-state index is -0.319. The Hall–Kier alpha value is -2.18. The maximum atomic E-state index is 12.0. The van der Waals surface area contributed by atoms with Crippen molar-refractivity contribution >= 4 is 41.1 Å². The molecule has 1 N–H and O–H groups in total. The number of nitrogens with zero attached hydrogens (tertiary/aromatic N) is 1. The Morgan fingerprint density at radius 3 is 2.52 bits per heavy atom. The van der Waals surface area contributed by atoms with Crippen molar-refractivity contribution in [3.63, 3.8) is 0 Å². The van der Waals surface area contributed by atoms with E-state index in [-0.39, 0.29) is 23.8 Å². The molecule has 0 saturated heterocycles. The van der Waals surface area contributed by atoms with Crippen LogP contribution in [0.25, 0.3) is 0 Å². The van der Waals surface area contributed by atoms with Gasteiger partial charge in [-0.15, -0.1) is 11.8 Å². The van der Waals surface area contributed by atoms with Crippen molar-refractivity contribution in [1.82, 2.24) is 5.32 Å². The van der Waals surface area contributed by atoms with Crippen molar-refractivity contribution < 1.29 is 14.3 Å². The number of thioether (sulfide) groups is 1. The summed E-state index contributed by atoms with van der Waals surface area (Å²) in [5, 5.41) is 3.50. The number of hydrogen-bond acceptors (Lipinski definition) is 4. The largest absolute Gasteiger partial charge is 0.426 e. The van der Waals surface area contributed by atoms with Crippen molar-refractivity contribution in [2.45, 2.75) is 25.6 Å². The highest BCUT2D eigenvalue weighted by Gasteiger charge is 2.12. The molecular formula is C20H23ClN2O3S. The smallest absolute Gasteiger partial charge is 0.321 e. The second-order valence-electron chi connectivity index (χ2n) is 6.25. The van der Waals surface area contributed by atoms with Crippen LogP contribution in [-0.2, 0) is 10.5 Å². The van der Waals surface area contributed by atoms with Crippen LogP contribution in [0.4, 0.5) is 10.5 Å². The monoisotopic (exact) mass is 406 g/mol. The maximum absolute atomic E-state index is 12.0. The standard InChI is InChI=1S/C20H23ClN2O3S/c1-14(2)22-20(25)23(3)17-7-9-18(10-8-17)26-19(24)13-27-12-15-5-4-6-16(21)11-15/h4-11,14H,12-13H2,1-3H3,(H,22,25). The van der Waals surface area contributed by atoms with E-state index in [1.165, 1.54) is 16.7 Å². The van der Waals surface area contributed by atoms with E-state index >= 15 is 0 Å². The van der Waals surface area contributed by atoms with Gasteiger partial charge in [0.25, 0.3) is 0 Å². The fraction of sp³-hybridized carbons (Fsp3) is 0.300. The molecule has 2 amide bonds. The Labute approximate surface area is 169 Å². The third-order valence-corrected chi connectivity index (χ3v) is 4.76. The molecule has 2 rings (SSSR count). The van der Waals surface area contributed by atoms with E-state index in [4.69, 9.17) is 16.3 Å². The van der Waals surface area contributed by atoms with E-state index < -0.39 is 0 Å². The molecule has 0 heterocycles. The van der Waals surface area contributed by atoms with Gasteiger partial charge in [-0.05, 0) is 55.8 Å². The molecule has 144 valence electrons. The average molecular weight is 407 g/mol. The summed E-state index contributed by atoms with van der Waals surface area (Å²) >= 11 is 7.41. The normalized spacial score (nSPS) is 10.6. The van der Waals surface area contributed by atoms with Crippen molar-refractivity contribution in [2.24, 2.45) is 0 Å². The highest BCUT2D eigenvalue weighted by molar-refractivity contribution is 7.99. The van der Waals surface area contributed by atoms with Gasteiger partial charge in [-0.25, -0.2) is 4.79 Å². The van der Waals surface area contributed by atoms with E-state index in [0.717, 1.165) is 5.56 Å². The second kappa shape index (κ2) is 10.2. The summed E-state index contributed by atoms with van der Waals surface area (Å²) in [4.78, 5) is 25.5. The van der Waals surface area contributed by atoms with Gasteiger partial charge >= 0.3 is 12.0 Å². The minimum absolute atomic E-state index is 0.0598. The molecular weight excluding hydrogens is 384 g/mol. The fourth-order valence-electron chi connectivity index (χ4n) is 2.24. The number of anilines is 1. The predicted octanol–water partition coefficient (Wildman–Crippen LogP) is 4.73. The SMILES string of the molecule is CC(C)NC(=O)N(C)c1ccc(OC(=O)CSCc2cccc(Cl)c2)cc1. The van der Waals surface area contributed by atoms with Crippen LogP contribution in [0.5, 0.6) is 5.75 Å². The third kappa shape index (κ3) is 7.15. The van der Waals surface area contributed by atoms with Crippen LogP contribution in [0.15, 0.2) is 48.5 Å². The predicted molar refractivity (Wildman–Crippen MR) is 112 cm³/mol. The number of carbonyl (C=O) groups excluding carboxylic acids is 2. The molecule has 0 aliphatic carbocycles. The molecule has 0 spiro atoms. The number of hydrogen-bond donors (Lipinski definition) is 1. The molecule has 0 unspecified atom stereocenters. The number of esters is 1. The van der Waals surface area contributed by atoms with Crippen LogP contribution >= 0.6 is 23.4 Å². The lowest BCUT2D eigenvalue weighted by Gasteiger charge is -2.20. The van der Waals surface area contributed by atoms with Crippen LogP contribution in [0.3, 0.4) is 0 Å². The van der Waals surface area contributed by atoms with E-state index in [9.17, 15) is 9.59 Å². The Kier molecular flexibility index (Phi) is 8.00. The van der Waals surface area contributed by atoms with E-state index in [1.807, 2.05) is 38.1 Å². The lowest BCUT2D eigenvalue weighted by Crippen LogP contribution is -2.40. The number of amides is 2. The van der Waals surface area contributed by atoms with Gasteiger partial charge in [0.1, 0.15) is 5.75 Å². The lowest BCUT2D eigenvalue weighted by atomic mass is 10.2. The molecule has 0 saturated carbocycles. The number of carbonyl (C=O) groups is 2. The van der Waals surface area contributed by atoms with E-state index in [2.05, 4.69) is 5.32 Å². The van der Waals surface area contributed by atoms with Gasteiger partial charge in [0, 0.05) is 29.6 Å². The number of halogens is 1. The molecule has 5 nitrogen and oxygen atoms in total. The quantitative estimate of drug-likeness (QED) is 0.533. The molecule has 7 heteroatoms. The van der Waals surface area contributed by atoms with Gasteiger partial charge < -0.3 is 10.1 Å². The lowest BCUT2D eigenvalue weighted by molar-refractivity contribution is -0.131. The number of rotatable bonds is 7. The highest BCUT2D eigenvalue weighted by Crippen LogP contribution is 2.20. The molecule has 0 aliphatic heterocycles. The van der Waals surface area contributed by atoms with Gasteiger partial charge in [0.15, 0.2) is 0 Å². The Morgan fingerprint density at radius 2 is 1.89 bits per heavy atom. The van der Waals surface area contributed by atoms with Crippen LogP contribution in [0, 0.1) is 0 Å². The maximum Gasteiger partial charge on any atom is 0.321 e. The van der Waals surface area contributed by atoms with Crippen LogP contribution in [0.1, 0.15) is 19.4 Å². The Morgan fingerprint density at radius 1 is 1.19 bits per heavy atom. The molecule has 0 aromatic heterocycles. The molecule has 27 heavy (non-hydrogen) atoms. The first kappa shape index (κ1) is 21.1. The first-order valence-corrected chi connectivity index (χ1v) is 10.1. The zero-order valence-electron chi connectivity index (χ0n) is 15.6. The molecule has 2 aromatic rings. The fourth-order valence-corrected chi connectivity index (χ4v) is 3.19. The van der Waals surface area contributed by atoms with Gasteiger partial charge in [-0.1, -0.05) is 23.7 Å². The zero-order valence-corrected chi connectivity index (χ0v) is 17.1. The first-order chi connectivity index (χ1) is 12.8. The van der Waals surface area contributed by atoms with Crippen molar-refractivity contribution in [3.05, 3.63) is 59.1 Å². The van der Waals surface area contributed by atoms with Crippen LogP contribution in [-0.4, -0.2) is 30.8 Å². The third-order valence-electron chi connectivity index (χ3n) is 3.55. The van der Waals surface area contributed by atoms with Crippen LogP contribution < -0.4 is 15.0 Å². The van der Waals surface area contributed by atoms with Gasteiger partial charge in [-0.2, -0.15) is 0 Å². The number of nitrogens with one attached hydrogen (secondary N) is 1. The molecule has 0 radical (unpaired) electrons. The summed E-state index contributed by atoms with van der Waals surface area (Å²) in [6, 6.07) is 14.2. The first-order valence-electron chi connectivity index (χ1n) is 8.52. The highest BCUT2D eigenvalue weighted by atomic mass is 35.5. The van der Waals surface area contributed by atoms with E-state index in [0.29, 0.717) is 22.2 Å². The molecule has 0 bridgehead atoms. The average Bonchev–Trinajstić information content (AvgIpc) is 2.61. The molecule has 2 aromatic carbocycles. The summed E-state index contributed by atoms with van der Waals surface area (Å²) in [5.41, 5.74) is 1.77. The molecule has 0 atom stereocenters.